The second-order valence-electron chi connectivity index (χ2n) is 4.13. The predicted molar refractivity (Wildman–Crippen MR) is 57.4 cm³/mol. The summed E-state index contributed by atoms with van der Waals surface area (Å²) in [7, 11) is 0. The molecule has 0 bridgehead atoms. The first kappa shape index (κ1) is 8.52. The second-order valence-corrected chi connectivity index (χ2v) is 4.13. The van der Waals surface area contributed by atoms with Gasteiger partial charge in [-0.1, -0.05) is 6.92 Å². The lowest BCUT2D eigenvalue weighted by atomic mass is 10.2. The van der Waals surface area contributed by atoms with Crippen molar-refractivity contribution in [3.05, 3.63) is 12.1 Å². The lowest BCUT2D eigenvalue weighted by molar-refractivity contribution is 0.315. The summed E-state index contributed by atoms with van der Waals surface area (Å²) in [4.78, 5) is 0. The van der Waals surface area contributed by atoms with E-state index in [1.165, 1.54) is 6.42 Å². The summed E-state index contributed by atoms with van der Waals surface area (Å²) >= 11 is 0. The molecule has 0 radical (unpaired) electrons. The maximum Gasteiger partial charge on any atom is 0.160 e. The molecule has 1 aliphatic rings. The van der Waals surface area contributed by atoms with Crippen molar-refractivity contribution in [1.82, 2.24) is 10.3 Å². The summed E-state index contributed by atoms with van der Waals surface area (Å²) in [5.41, 5.74) is 8.65. The number of benzene rings is 1. The van der Waals surface area contributed by atoms with Crippen molar-refractivity contribution in [2.24, 2.45) is 5.92 Å². The van der Waals surface area contributed by atoms with Crippen LogP contribution in [0, 0.1) is 5.92 Å². The van der Waals surface area contributed by atoms with Gasteiger partial charge < -0.3 is 11.1 Å². The second kappa shape index (κ2) is 2.85. The summed E-state index contributed by atoms with van der Waals surface area (Å²) in [6, 6.07) is 4.29. The maximum atomic E-state index is 5.75. The Morgan fingerprint density at radius 1 is 1.40 bits per heavy atom. The maximum absolute atomic E-state index is 5.75. The van der Waals surface area contributed by atoms with Crippen LogP contribution < -0.4 is 11.1 Å². The summed E-state index contributed by atoms with van der Waals surface area (Å²) in [5.74, 6) is 0.734. The number of anilines is 2. The van der Waals surface area contributed by atoms with E-state index >= 15 is 0 Å². The Morgan fingerprint density at radius 3 is 2.87 bits per heavy atom. The summed E-state index contributed by atoms with van der Waals surface area (Å²) in [6.45, 7) is 2.22. The Hall–Kier alpha value is -1.78. The minimum Gasteiger partial charge on any atom is -0.397 e. The molecule has 2 unspecified atom stereocenters. The SMILES string of the molecule is CC1CC1Nc1ccc(N)c2nonc12. The molecule has 3 N–H and O–H groups in total. The van der Waals surface area contributed by atoms with Crippen molar-refractivity contribution in [3.8, 4) is 0 Å². The van der Waals surface area contributed by atoms with Gasteiger partial charge >= 0.3 is 0 Å². The monoisotopic (exact) mass is 204 g/mol. The van der Waals surface area contributed by atoms with Gasteiger partial charge in [-0.25, -0.2) is 4.63 Å². The third-order valence-electron chi connectivity index (χ3n) is 2.90. The van der Waals surface area contributed by atoms with Gasteiger partial charge in [0.1, 0.15) is 0 Å². The molecule has 78 valence electrons. The minimum absolute atomic E-state index is 0.550. The van der Waals surface area contributed by atoms with Crippen LogP contribution in [0.3, 0.4) is 0 Å². The van der Waals surface area contributed by atoms with E-state index in [-0.39, 0.29) is 0 Å². The van der Waals surface area contributed by atoms with Crippen molar-refractivity contribution in [1.29, 1.82) is 0 Å². The minimum atomic E-state index is 0.550. The Kier molecular flexibility index (Phi) is 1.62. The molecular formula is C10H12N4O. The Morgan fingerprint density at radius 2 is 2.13 bits per heavy atom. The molecule has 0 amide bonds. The number of aromatic nitrogens is 2. The number of hydrogen-bond donors (Lipinski definition) is 2. The quantitative estimate of drug-likeness (QED) is 0.727. The van der Waals surface area contributed by atoms with E-state index < -0.39 is 0 Å². The van der Waals surface area contributed by atoms with Crippen molar-refractivity contribution in [2.45, 2.75) is 19.4 Å². The van der Waals surface area contributed by atoms with E-state index in [1.54, 1.807) is 0 Å². The first-order valence-corrected chi connectivity index (χ1v) is 5.03. The number of nitrogens with two attached hydrogens (primary N) is 1. The predicted octanol–water partition coefficient (Wildman–Crippen LogP) is 1.63. The van der Waals surface area contributed by atoms with Gasteiger partial charge in [0.15, 0.2) is 11.0 Å². The molecule has 1 fully saturated rings. The van der Waals surface area contributed by atoms with Gasteiger partial charge in [0.25, 0.3) is 0 Å². The van der Waals surface area contributed by atoms with Crippen LogP contribution in [-0.2, 0) is 0 Å². The molecule has 1 heterocycles. The first-order valence-electron chi connectivity index (χ1n) is 5.03. The average molecular weight is 204 g/mol. The fourth-order valence-electron chi connectivity index (χ4n) is 1.73. The largest absolute Gasteiger partial charge is 0.397 e. The van der Waals surface area contributed by atoms with Crippen molar-refractivity contribution in [3.63, 3.8) is 0 Å². The number of rotatable bonds is 2. The molecule has 0 spiro atoms. The molecule has 15 heavy (non-hydrogen) atoms. The van der Waals surface area contributed by atoms with Gasteiger partial charge in [0.05, 0.1) is 11.4 Å². The molecule has 2 atom stereocenters. The van der Waals surface area contributed by atoms with Gasteiger partial charge in [-0.15, -0.1) is 0 Å². The fraction of sp³-hybridized carbons (Fsp3) is 0.400. The molecule has 1 aliphatic carbocycles. The van der Waals surface area contributed by atoms with Crippen molar-refractivity contribution >= 4 is 22.4 Å². The highest BCUT2D eigenvalue weighted by Gasteiger charge is 2.33. The summed E-state index contributed by atoms with van der Waals surface area (Å²) in [5, 5.41) is 11.0. The van der Waals surface area contributed by atoms with E-state index in [1.807, 2.05) is 12.1 Å². The van der Waals surface area contributed by atoms with E-state index in [2.05, 4.69) is 22.6 Å². The number of nitrogens with one attached hydrogen (secondary N) is 1. The first-order chi connectivity index (χ1) is 7.25. The highest BCUT2D eigenvalue weighted by atomic mass is 16.6. The summed E-state index contributed by atoms with van der Waals surface area (Å²) < 4.78 is 4.70. The highest BCUT2D eigenvalue weighted by Crippen LogP contribution is 2.35. The van der Waals surface area contributed by atoms with Gasteiger partial charge in [0, 0.05) is 6.04 Å². The van der Waals surface area contributed by atoms with Crippen LogP contribution in [0.25, 0.3) is 11.0 Å². The van der Waals surface area contributed by atoms with Crippen LogP contribution >= 0.6 is 0 Å². The number of nitrogen functional groups attached to an aromatic ring is 1. The molecule has 0 saturated heterocycles. The van der Waals surface area contributed by atoms with E-state index in [0.29, 0.717) is 22.8 Å². The van der Waals surface area contributed by atoms with E-state index in [9.17, 15) is 0 Å². The topological polar surface area (TPSA) is 77.0 Å². The van der Waals surface area contributed by atoms with Crippen LogP contribution in [0.5, 0.6) is 0 Å². The molecule has 2 aromatic rings. The van der Waals surface area contributed by atoms with Gasteiger partial charge in [-0.3, -0.25) is 0 Å². The number of hydrogen-bond acceptors (Lipinski definition) is 5. The van der Waals surface area contributed by atoms with Crippen LogP contribution in [0.2, 0.25) is 0 Å². The normalized spacial score (nSPS) is 24.3. The molecular weight excluding hydrogens is 192 g/mol. The molecule has 5 heteroatoms. The number of fused-ring (bicyclic) bond motifs is 1. The fourth-order valence-corrected chi connectivity index (χ4v) is 1.73. The van der Waals surface area contributed by atoms with Crippen LogP contribution in [0.1, 0.15) is 13.3 Å². The lowest BCUT2D eigenvalue weighted by Crippen LogP contribution is -2.04. The Labute approximate surface area is 86.6 Å². The molecule has 1 aromatic heterocycles. The third kappa shape index (κ3) is 1.31. The molecule has 1 aromatic carbocycles. The van der Waals surface area contributed by atoms with Gasteiger partial charge in [-0.2, -0.15) is 0 Å². The van der Waals surface area contributed by atoms with Gasteiger partial charge in [-0.05, 0) is 34.8 Å². The molecule has 5 nitrogen and oxygen atoms in total. The zero-order valence-electron chi connectivity index (χ0n) is 8.40. The zero-order valence-corrected chi connectivity index (χ0v) is 8.40. The van der Waals surface area contributed by atoms with E-state index in [0.717, 1.165) is 11.6 Å². The summed E-state index contributed by atoms with van der Waals surface area (Å²) in [6.07, 6.45) is 1.21. The van der Waals surface area contributed by atoms with Gasteiger partial charge in [0.2, 0.25) is 0 Å². The number of nitrogens with zero attached hydrogens (tertiary/aromatic N) is 2. The molecule has 3 rings (SSSR count). The Bertz CT molecular complexity index is 507. The Balaban J connectivity index is 2.03. The average Bonchev–Trinajstić information content (AvgIpc) is 2.74. The third-order valence-corrected chi connectivity index (χ3v) is 2.90. The molecule has 0 aliphatic heterocycles. The van der Waals surface area contributed by atoms with Crippen LogP contribution in [0.15, 0.2) is 16.8 Å². The highest BCUT2D eigenvalue weighted by molar-refractivity contribution is 5.95. The standard InChI is InChI=1S/C10H12N4O/c1-5-4-8(5)12-7-3-2-6(11)9-10(7)14-15-13-9/h2-3,5,8,12H,4,11H2,1H3. The van der Waals surface area contributed by atoms with Crippen molar-refractivity contribution in [2.75, 3.05) is 11.1 Å². The van der Waals surface area contributed by atoms with Crippen molar-refractivity contribution < 1.29 is 4.63 Å². The smallest absolute Gasteiger partial charge is 0.160 e. The van der Waals surface area contributed by atoms with E-state index in [4.69, 9.17) is 10.4 Å². The molecule has 1 saturated carbocycles. The zero-order chi connectivity index (χ0) is 10.4. The lowest BCUT2D eigenvalue weighted by Gasteiger charge is -2.05. The van der Waals surface area contributed by atoms with Crippen LogP contribution in [-0.4, -0.2) is 16.4 Å². The van der Waals surface area contributed by atoms with Crippen LogP contribution in [0.4, 0.5) is 11.4 Å².